The van der Waals surface area contributed by atoms with E-state index in [9.17, 15) is 4.79 Å². The number of nitrogens with one attached hydrogen (secondary N) is 2. The average Bonchev–Trinajstić information content (AvgIpc) is 2.98. The largest absolute Gasteiger partial charge is 0.351 e. The summed E-state index contributed by atoms with van der Waals surface area (Å²) in [6, 6.07) is 9.73. The molecule has 0 radical (unpaired) electrons. The van der Waals surface area contributed by atoms with Crippen molar-refractivity contribution in [1.29, 1.82) is 0 Å². The molecule has 1 heterocycles. The van der Waals surface area contributed by atoms with Crippen LogP contribution < -0.4 is 10.6 Å². The van der Waals surface area contributed by atoms with Crippen LogP contribution in [0.25, 0.3) is 5.69 Å². The molecule has 2 N–H and O–H groups in total. The number of amides is 1. The van der Waals surface area contributed by atoms with E-state index in [2.05, 4.69) is 22.7 Å². The highest BCUT2D eigenvalue weighted by Gasteiger charge is 2.08. The molecule has 0 aliphatic heterocycles. The molecular weight excluding hydrogens is 252 g/mol. The minimum Gasteiger partial charge on any atom is -0.351 e. The molecule has 5 heteroatoms. The van der Waals surface area contributed by atoms with Crippen LogP contribution in [-0.4, -0.2) is 35.3 Å². The Hall–Kier alpha value is -2.14. The maximum absolute atomic E-state index is 11.9. The van der Waals surface area contributed by atoms with E-state index in [0.29, 0.717) is 12.1 Å². The summed E-state index contributed by atoms with van der Waals surface area (Å²) in [5.74, 6) is -0.0921. The zero-order chi connectivity index (χ0) is 14.2. The van der Waals surface area contributed by atoms with Gasteiger partial charge in [0.05, 0.1) is 17.4 Å². The Morgan fingerprint density at radius 2 is 2.00 bits per heavy atom. The molecular formula is C15H20N4O. The summed E-state index contributed by atoms with van der Waals surface area (Å²) in [5.41, 5.74) is 1.51. The Balaban J connectivity index is 1.87. The van der Waals surface area contributed by atoms with Crippen molar-refractivity contribution < 1.29 is 4.79 Å². The number of rotatable bonds is 7. The van der Waals surface area contributed by atoms with E-state index in [1.807, 2.05) is 30.3 Å². The highest BCUT2D eigenvalue weighted by molar-refractivity contribution is 5.93. The Morgan fingerprint density at radius 1 is 1.20 bits per heavy atom. The Morgan fingerprint density at radius 3 is 2.75 bits per heavy atom. The van der Waals surface area contributed by atoms with Crippen LogP contribution in [0, 0.1) is 0 Å². The molecule has 0 atom stereocenters. The maximum atomic E-state index is 11.9. The quantitative estimate of drug-likeness (QED) is 0.753. The van der Waals surface area contributed by atoms with Crippen LogP contribution in [0.3, 0.4) is 0 Å². The molecule has 0 bridgehead atoms. The topological polar surface area (TPSA) is 58.9 Å². The highest BCUT2D eigenvalue weighted by Crippen LogP contribution is 2.07. The maximum Gasteiger partial charge on any atom is 0.254 e. The molecule has 0 saturated carbocycles. The van der Waals surface area contributed by atoms with Crippen LogP contribution in [0.1, 0.15) is 23.7 Å². The number of para-hydroxylation sites is 1. The van der Waals surface area contributed by atoms with Gasteiger partial charge in [-0.1, -0.05) is 25.1 Å². The van der Waals surface area contributed by atoms with Crippen LogP contribution in [-0.2, 0) is 0 Å². The normalized spacial score (nSPS) is 10.4. The molecule has 5 nitrogen and oxygen atoms in total. The lowest BCUT2D eigenvalue weighted by atomic mass is 10.3. The number of hydrogen-bond donors (Lipinski definition) is 2. The van der Waals surface area contributed by atoms with Crippen molar-refractivity contribution in [2.45, 2.75) is 13.3 Å². The predicted octanol–water partition coefficient (Wildman–Crippen LogP) is 1.60. The van der Waals surface area contributed by atoms with Gasteiger partial charge in [0.15, 0.2) is 0 Å². The second kappa shape index (κ2) is 7.45. The van der Waals surface area contributed by atoms with Crippen LogP contribution in [0.2, 0.25) is 0 Å². The van der Waals surface area contributed by atoms with E-state index in [0.717, 1.165) is 25.2 Å². The summed E-state index contributed by atoms with van der Waals surface area (Å²) >= 11 is 0. The molecule has 106 valence electrons. The molecule has 20 heavy (non-hydrogen) atoms. The zero-order valence-corrected chi connectivity index (χ0v) is 11.7. The van der Waals surface area contributed by atoms with Crippen molar-refractivity contribution in [3.8, 4) is 5.69 Å². The van der Waals surface area contributed by atoms with Gasteiger partial charge in [0, 0.05) is 19.3 Å². The summed E-state index contributed by atoms with van der Waals surface area (Å²) in [6.45, 7) is 4.49. The van der Waals surface area contributed by atoms with Gasteiger partial charge in [-0.2, -0.15) is 5.10 Å². The third kappa shape index (κ3) is 3.93. The van der Waals surface area contributed by atoms with Crippen molar-refractivity contribution in [1.82, 2.24) is 20.4 Å². The standard InChI is InChI=1S/C15H20N4O/c1-2-8-16-9-10-17-15(20)13-11-18-19(12-13)14-6-4-3-5-7-14/h3-7,11-12,16H,2,8-10H2,1H3,(H,17,20). The summed E-state index contributed by atoms with van der Waals surface area (Å²) in [5, 5.41) is 10.3. The first-order valence-corrected chi connectivity index (χ1v) is 6.90. The van der Waals surface area contributed by atoms with Gasteiger partial charge in [-0.25, -0.2) is 4.68 Å². The lowest BCUT2D eigenvalue weighted by molar-refractivity contribution is 0.0954. The van der Waals surface area contributed by atoms with Gasteiger partial charge in [0.1, 0.15) is 0 Å². The molecule has 1 aromatic heterocycles. The second-order valence-corrected chi connectivity index (χ2v) is 4.52. The lowest BCUT2D eigenvalue weighted by Crippen LogP contribution is -2.31. The molecule has 0 fully saturated rings. The fourth-order valence-corrected chi connectivity index (χ4v) is 1.83. The van der Waals surface area contributed by atoms with Crippen molar-refractivity contribution in [2.75, 3.05) is 19.6 Å². The van der Waals surface area contributed by atoms with Crippen LogP contribution in [0.5, 0.6) is 0 Å². The fraction of sp³-hybridized carbons (Fsp3) is 0.333. The van der Waals surface area contributed by atoms with E-state index in [4.69, 9.17) is 0 Å². The second-order valence-electron chi connectivity index (χ2n) is 4.52. The first-order valence-electron chi connectivity index (χ1n) is 6.90. The number of benzene rings is 1. The van der Waals surface area contributed by atoms with E-state index in [1.165, 1.54) is 0 Å². The summed E-state index contributed by atoms with van der Waals surface area (Å²) < 4.78 is 1.70. The Labute approximate surface area is 119 Å². The fourth-order valence-electron chi connectivity index (χ4n) is 1.83. The van der Waals surface area contributed by atoms with Gasteiger partial charge in [-0.15, -0.1) is 0 Å². The van der Waals surface area contributed by atoms with Gasteiger partial charge in [0.2, 0.25) is 0 Å². The van der Waals surface area contributed by atoms with E-state index in [1.54, 1.807) is 17.1 Å². The molecule has 0 saturated heterocycles. The van der Waals surface area contributed by atoms with E-state index >= 15 is 0 Å². The molecule has 1 amide bonds. The molecule has 0 unspecified atom stereocenters. The van der Waals surface area contributed by atoms with Crippen molar-refractivity contribution in [2.24, 2.45) is 0 Å². The van der Waals surface area contributed by atoms with Crippen molar-refractivity contribution in [3.05, 3.63) is 48.3 Å². The minimum absolute atomic E-state index is 0.0921. The number of nitrogens with zero attached hydrogens (tertiary/aromatic N) is 2. The number of carbonyl (C=O) groups excluding carboxylic acids is 1. The minimum atomic E-state index is -0.0921. The number of aromatic nitrogens is 2. The van der Waals surface area contributed by atoms with E-state index in [-0.39, 0.29) is 5.91 Å². The Kier molecular flexibility index (Phi) is 5.32. The van der Waals surface area contributed by atoms with Gasteiger partial charge in [0.25, 0.3) is 5.91 Å². The van der Waals surface area contributed by atoms with Crippen LogP contribution in [0.15, 0.2) is 42.7 Å². The first kappa shape index (κ1) is 14.3. The number of hydrogen-bond acceptors (Lipinski definition) is 3. The molecule has 2 aromatic rings. The molecule has 2 rings (SSSR count). The molecule has 0 aliphatic rings. The summed E-state index contributed by atoms with van der Waals surface area (Å²) in [4.78, 5) is 11.9. The molecule has 0 spiro atoms. The van der Waals surface area contributed by atoms with E-state index < -0.39 is 0 Å². The van der Waals surface area contributed by atoms with Crippen molar-refractivity contribution >= 4 is 5.91 Å². The van der Waals surface area contributed by atoms with Gasteiger partial charge < -0.3 is 10.6 Å². The van der Waals surface area contributed by atoms with Gasteiger partial charge in [-0.3, -0.25) is 4.79 Å². The first-order chi connectivity index (χ1) is 9.81. The average molecular weight is 272 g/mol. The Bertz CT molecular complexity index is 536. The number of carbonyl (C=O) groups is 1. The smallest absolute Gasteiger partial charge is 0.254 e. The monoisotopic (exact) mass is 272 g/mol. The van der Waals surface area contributed by atoms with Crippen LogP contribution >= 0.6 is 0 Å². The molecule has 0 aliphatic carbocycles. The lowest BCUT2D eigenvalue weighted by Gasteiger charge is -2.04. The van der Waals surface area contributed by atoms with Crippen molar-refractivity contribution in [3.63, 3.8) is 0 Å². The zero-order valence-electron chi connectivity index (χ0n) is 11.7. The van der Waals surface area contributed by atoms with Crippen LogP contribution in [0.4, 0.5) is 0 Å². The van der Waals surface area contributed by atoms with Gasteiger partial charge in [-0.05, 0) is 25.1 Å². The third-order valence-electron chi connectivity index (χ3n) is 2.88. The summed E-state index contributed by atoms with van der Waals surface area (Å²) in [7, 11) is 0. The highest BCUT2D eigenvalue weighted by atomic mass is 16.1. The SMILES string of the molecule is CCCNCCNC(=O)c1cnn(-c2ccccc2)c1. The van der Waals surface area contributed by atoms with Gasteiger partial charge >= 0.3 is 0 Å². The summed E-state index contributed by atoms with van der Waals surface area (Å²) in [6.07, 6.45) is 4.42. The molecule has 1 aromatic carbocycles. The third-order valence-corrected chi connectivity index (χ3v) is 2.88. The predicted molar refractivity (Wildman–Crippen MR) is 79.1 cm³/mol.